The van der Waals surface area contributed by atoms with Gasteiger partial charge in [0.15, 0.2) is 0 Å². The molecule has 3 heteroatoms. The molecule has 1 heterocycles. The topological polar surface area (TPSA) is 32.7 Å². The maximum atomic E-state index is 10.7. The molecule has 1 N–H and O–H groups in total. The van der Waals surface area contributed by atoms with E-state index in [1.807, 2.05) is 24.3 Å². The summed E-state index contributed by atoms with van der Waals surface area (Å²) in [6.07, 6.45) is 5.29. The third-order valence-electron chi connectivity index (χ3n) is 5.98. The first-order chi connectivity index (χ1) is 10.2. The van der Waals surface area contributed by atoms with Crippen LogP contribution in [0.15, 0.2) is 24.3 Å². The number of para-hydroxylation sites is 1. The highest BCUT2D eigenvalue weighted by atomic mass is 16.5. The van der Waals surface area contributed by atoms with Crippen LogP contribution in [0, 0.1) is 17.8 Å². The summed E-state index contributed by atoms with van der Waals surface area (Å²) < 4.78 is 5.85. The summed E-state index contributed by atoms with van der Waals surface area (Å²) in [7, 11) is 2.15. The number of benzene rings is 1. The molecule has 0 spiro atoms. The first kappa shape index (κ1) is 13.6. The summed E-state index contributed by atoms with van der Waals surface area (Å²) in [5, 5.41) is 10.7. The Labute approximate surface area is 126 Å². The second kappa shape index (κ2) is 5.29. The van der Waals surface area contributed by atoms with Crippen molar-refractivity contribution in [2.45, 2.75) is 37.8 Å². The standard InChI is InChI=1S/C18H25NO2/c1-19(10-14-9-12-6-7-13(14)8-12)16-11-21-17-5-3-2-4-15(17)18(16)20/h2-5,12-14,16,18,20H,6-11H2,1H3. The zero-order valence-electron chi connectivity index (χ0n) is 12.7. The molecular weight excluding hydrogens is 262 g/mol. The second-order valence-electron chi connectivity index (χ2n) is 7.24. The maximum Gasteiger partial charge on any atom is 0.125 e. The molecule has 1 aromatic carbocycles. The van der Waals surface area contributed by atoms with E-state index in [0.717, 1.165) is 35.6 Å². The van der Waals surface area contributed by atoms with Gasteiger partial charge in [-0.05, 0) is 50.1 Å². The number of aliphatic hydroxyl groups is 1. The van der Waals surface area contributed by atoms with E-state index in [1.165, 1.54) is 25.7 Å². The summed E-state index contributed by atoms with van der Waals surface area (Å²) in [6.45, 7) is 1.70. The van der Waals surface area contributed by atoms with Crippen LogP contribution in [0.4, 0.5) is 0 Å². The van der Waals surface area contributed by atoms with Crippen molar-refractivity contribution < 1.29 is 9.84 Å². The van der Waals surface area contributed by atoms with Crippen molar-refractivity contribution in [1.82, 2.24) is 4.90 Å². The van der Waals surface area contributed by atoms with Gasteiger partial charge >= 0.3 is 0 Å². The lowest BCUT2D eigenvalue weighted by atomic mass is 9.87. The lowest BCUT2D eigenvalue weighted by molar-refractivity contribution is 0.00569. The molecule has 1 aliphatic heterocycles. The summed E-state index contributed by atoms with van der Waals surface area (Å²) in [5.41, 5.74) is 0.938. The maximum absolute atomic E-state index is 10.7. The third-order valence-corrected chi connectivity index (χ3v) is 5.98. The molecule has 1 aromatic rings. The largest absolute Gasteiger partial charge is 0.491 e. The predicted octanol–water partition coefficient (Wildman–Crippen LogP) is 2.85. The van der Waals surface area contributed by atoms with Gasteiger partial charge in [-0.3, -0.25) is 4.90 Å². The Morgan fingerprint density at radius 2 is 2.10 bits per heavy atom. The Morgan fingerprint density at radius 1 is 1.24 bits per heavy atom. The summed E-state index contributed by atoms with van der Waals surface area (Å²) in [5.74, 6) is 3.60. The van der Waals surface area contributed by atoms with E-state index in [9.17, 15) is 5.11 Å². The van der Waals surface area contributed by atoms with E-state index in [-0.39, 0.29) is 6.04 Å². The van der Waals surface area contributed by atoms with E-state index >= 15 is 0 Å². The average Bonchev–Trinajstić information content (AvgIpc) is 3.10. The second-order valence-corrected chi connectivity index (χ2v) is 7.24. The molecular formula is C18H25NO2. The molecule has 0 amide bonds. The molecule has 5 atom stereocenters. The summed E-state index contributed by atoms with van der Waals surface area (Å²) >= 11 is 0. The molecule has 0 radical (unpaired) electrons. The summed E-state index contributed by atoms with van der Waals surface area (Å²) in [4.78, 5) is 2.34. The number of fused-ring (bicyclic) bond motifs is 3. The monoisotopic (exact) mass is 287 g/mol. The van der Waals surface area contributed by atoms with E-state index < -0.39 is 6.10 Å². The van der Waals surface area contributed by atoms with Gasteiger partial charge in [-0.2, -0.15) is 0 Å². The minimum Gasteiger partial charge on any atom is -0.491 e. The molecule has 0 saturated heterocycles. The van der Waals surface area contributed by atoms with Crippen molar-refractivity contribution in [2.24, 2.45) is 17.8 Å². The highest BCUT2D eigenvalue weighted by Crippen LogP contribution is 2.48. The van der Waals surface area contributed by atoms with Crippen LogP contribution in [-0.2, 0) is 0 Å². The molecule has 4 rings (SSSR count). The van der Waals surface area contributed by atoms with Crippen molar-refractivity contribution >= 4 is 0 Å². The number of rotatable bonds is 3. The third kappa shape index (κ3) is 2.36. The van der Waals surface area contributed by atoms with Crippen molar-refractivity contribution in [3.05, 3.63) is 29.8 Å². The molecule has 2 bridgehead atoms. The number of nitrogens with zero attached hydrogens (tertiary/aromatic N) is 1. The van der Waals surface area contributed by atoms with Crippen molar-refractivity contribution in [1.29, 1.82) is 0 Å². The molecule has 3 aliphatic rings. The van der Waals surface area contributed by atoms with E-state index in [4.69, 9.17) is 4.74 Å². The molecule has 2 aliphatic carbocycles. The Kier molecular flexibility index (Phi) is 3.43. The van der Waals surface area contributed by atoms with E-state index in [2.05, 4.69) is 11.9 Å². The molecule has 0 aromatic heterocycles. The van der Waals surface area contributed by atoms with E-state index in [1.54, 1.807) is 0 Å². The van der Waals surface area contributed by atoms with Gasteiger partial charge in [0, 0.05) is 12.1 Å². The average molecular weight is 287 g/mol. The van der Waals surface area contributed by atoms with Crippen LogP contribution in [-0.4, -0.2) is 36.2 Å². The zero-order chi connectivity index (χ0) is 14.4. The van der Waals surface area contributed by atoms with Crippen molar-refractivity contribution in [3.63, 3.8) is 0 Å². The Balaban J connectivity index is 1.44. The number of aliphatic hydroxyl groups excluding tert-OH is 1. The van der Waals surface area contributed by atoms with Gasteiger partial charge in [0.1, 0.15) is 18.5 Å². The molecule has 21 heavy (non-hydrogen) atoms. The zero-order valence-corrected chi connectivity index (χ0v) is 12.7. The minimum atomic E-state index is -0.432. The fourth-order valence-electron chi connectivity index (χ4n) is 4.80. The Hall–Kier alpha value is -1.06. The first-order valence-corrected chi connectivity index (χ1v) is 8.32. The predicted molar refractivity (Wildman–Crippen MR) is 82.3 cm³/mol. The van der Waals surface area contributed by atoms with Gasteiger partial charge in [-0.15, -0.1) is 0 Å². The Morgan fingerprint density at radius 3 is 2.86 bits per heavy atom. The number of likely N-dealkylation sites (N-methyl/N-ethyl adjacent to an activating group) is 1. The van der Waals surface area contributed by atoms with Crippen LogP contribution < -0.4 is 4.74 Å². The van der Waals surface area contributed by atoms with Gasteiger partial charge in [-0.25, -0.2) is 0 Å². The van der Waals surface area contributed by atoms with Gasteiger partial charge in [0.25, 0.3) is 0 Å². The van der Waals surface area contributed by atoms with Crippen LogP contribution in [0.25, 0.3) is 0 Å². The van der Waals surface area contributed by atoms with Gasteiger partial charge in [-0.1, -0.05) is 24.6 Å². The number of hydrogen-bond acceptors (Lipinski definition) is 3. The lowest BCUT2D eigenvalue weighted by Gasteiger charge is -2.38. The van der Waals surface area contributed by atoms with Crippen LogP contribution in [0.2, 0.25) is 0 Å². The molecule has 3 nitrogen and oxygen atoms in total. The van der Waals surface area contributed by atoms with Crippen molar-refractivity contribution in [2.75, 3.05) is 20.2 Å². The van der Waals surface area contributed by atoms with Gasteiger partial charge < -0.3 is 9.84 Å². The smallest absolute Gasteiger partial charge is 0.125 e. The quantitative estimate of drug-likeness (QED) is 0.928. The van der Waals surface area contributed by atoms with E-state index in [0.29, 0.717) is 6.61 Å². The molecule has 2 saturated carbocycles. The van der Waals surface area contributed by atoms with Crippen LogP contribution in [0.5, 0.6) is 5.75 Å². The molecule has 2 fully saturated rings. The first-order valence-electron chi connectivity index (χ1n) is 8.32. The van der Waals surface area contributed by atoms with Gasteiger partial charge in [0.2, 0.25) is 0 Å². The fourth-order valence-corrected chi connectivity index (χ4v) is 4.80. The normalized spacial score (nSPS) is 37.6. The van der Waals surface area contributed by atoms with Crippen molar-refractivity contribution in [3.8, 4) is 5.75 Å². The summed E-state index contributed by atoms with van der Waals surface area (Å²) in [6, 6.07) is 7.95. The lowest BCUT2D eigenvalue weighted by Crippen LogP contribution is -2.46. The number of ether oxygens (including phenoxy) is 1. The molecule has 114 valence electrons. The highest BCUT2D eigenvalue weighted by molar-refractivity contribution is 5.37. The Bertz CT molecular complexity index is 518. The van der Waals surface area contributed by atoms with Crippen LogP contribution in [0.1, 0.15) is 37.4 Å². The van der Waals surface area contributed by atoms with Crippen LogP contribution >= 0.6 is 0 Å². The minimum absolute atomic E-state index is 0.0824. The molecule has 5 unspecified atom stereocenters. The SMILES string of the molecule is CN(CC1CC2CCC1C2)C1COc2ccccc2C1O. The number of hydrogen-bond donors (Lipinski definition) is 1. The fraction of sp³-hybridized carbons (Fsp3) is 0.667. The van der Waals surface area contributed by atoms with Crippen LogP contribution in [0.3, 0.4) is 0 Å². The highest BCUT2D eigenvalue weighted by Gasteiger charge is 2.41. The van der Waals surface area contributed by atoms with Gasteiger partial charge in [0.05, 0.1) is 6.04 Å².